The molecule has 2 aromatic rings. The number of rotatable bonds is 3. The van der Waals surface area contributed by atoms with E-state index in [0.29, 0.717) is 11.4 Å². The number of hydrogen-bond donors (Lipinski definition) is 2. The van der Waals surface area contributed by atoms with E-state index in [4.69, 9.17) is 0 Å². The van der Waals surface area contributed by atoms with Crippen LogP contribution < -0.4 is 10.6 Å². The Morgan fingerprint density at radius 1 is 1.27 bits per heavy atom. The molecule has 5 nitrogen and oxygen atoms in total. The van der Waals surface area contributed by atoms with Gasteiger partial charge in [0.25, 0.3) is 12.3 Å². The number of fused-ring (bicyclic) bond motifs is 1. The Morgan fingerprint density at radius 3 is 2.69 bits per heavy atom. The van der Waals surface area contributed by atoms with Gasteiger partial charge < -0.3 is 10.6 Å². The molecule has 1 saturated carbocycles. The number of allylic oxidation sites excluding steroid dienone is 3. The molecule has 1 aliphatic heterocycles. The first-order valence-electron chi connectivity index (χ1n) is 8.40. The van der Waals surface area contributed by atoms with E-state index >= 15 is 0 Å². The van der Waals surface area contributed by atoms with Crippen molar-refractivity contribution in [1.82, 2.24) is 9.78 Å². The molecule has 1 aromatic carbocycles. The number of anilines is 2. The van der Waals surface area contributed by atoms with E-state index in [1.54, 1.807) is 0 Å². The van der Waals surface area contributed by atoms with Crippen LogP contribution in [0, 0.1) is 13.8 Å². The second-order valence-corrected chi connectivity index (χ2v) is 6.58. The first-order chi connectivity index (χ1) is 12.4. The zero-order valence-electron chi connectivity index (χ0n) is 14.4. The summed E-state index contributed by atoms with van der Waals surface area (Å²) < 4.78 is 27.9. The van der Waals surface area contributed by atoms with Gasteiger partial charge in [0.2, 0.25) is 0 Å². The number of halogens is 2. The molecule has 0 unspecified atom stereocenters. The quantitative estimate of drug-likeness (QED) is 0.860. The van der Waals surface area contributed by atoms with Crippen molar-refractivity contribution in [3.63, 3.8) is 0 Å². The fraction of sp³-hybridized carbons (Fsp3) is 0.263. The molecule has 26 heavy (non-hydrogen) atoms. The summed E-state index contributed by atoms with van der Waals surface area (Å²) >= 11 is 0. The van der Waals surface area contributed by atoms with Crippen molar-refractivity contribution in [3.05, 3.63) is 58.4 Å². The lowest BCUT2D eigenvalue weighted by Gasteiger charge is -2.20. The molecule has 2 N–H and O–H groups in total. The molecule has 0 atom stereocenters. The van der Waals surface area contributed by atoms with Crippen molar-refractivity contribution in [3.8, 4) is 0 Å². The standard InChI is InChI=1S/C19H18F2N4O/c1-10-3-6-13(7-11(10)2)23-19(26)14-9-22-25-16(17(20)21)8-15(12-4-5-12)24-18(14)25/h3,6-9,17,24H,4-5H2,1-2H3,(H,23,26). The minimum absolute atomic E-state index is 0.224. The van der Waals surface area contributed by atoms with Gasteiger partial charge in [-0.2, -0.15) is 5.10 Å². The van der Waals surface area contributed by atoms with E-state index in [1.807, 2.05) is 32.0 Å². The molecule has 0 spiro atoms. The molecule has 4 rings (SSSR count). The number of aryl methyl sites for hydroxylation is 2. The number of hydrogen-bond acceptors (Lipinski definition) is 3. The highest BCUT2D eigenvalue weighted by molar-refractivity contribution is 6.08. The van der Waals surface area contributed by atoms with Gasteiger partial charge in [-0.1, -0.05) is 6.07 Å². The summed E-state index contributed by atoms with van der Waals surface area (Å²) in [6.07, 6.45) is 1.81. The van der Waals surface area contributed by atoms with Crippen LogP contribution in [-0.4, -0.2) is 22.1 Å². The minimum atomic E-state index is -2.68. The van der Waals surface area contributed by atoms with E-state index in [0.717, 1.165) is 34.2 Å². The van der Waals surface area contributed by atoms with Crippen LogP contribution in [-0.2, 0) is 0 Å². The number of benzene rings is 1. The summed E-state index contributed by atoms with van der Waals surface area (Å²) in [6, 6.07) is 5.61. The summed E-state index contributed by atoms with van der Waals surface area (Å²) in [4.78, 5) is 12.7. The molecular formula is C19H18F2N4O. The van der Waals surface area contributed by atoms with Crippen LogP contribution in [0.1, 0.15) is 34.3 Å². The van der Waals surface area contributed by atoms with E-state index in [1.165, 1.54) is 12.3 Å². The van der Waals surface area contributed by atoms with Crippen molar-refractivity contribution in [2.24, 2.45) is 0 Å². The maximum atomic E-state index is 13.4. The highest BCUT2D eigenvalue weighted by Crippen LogP contribution is 2.38. The van der Waals surface area contributed by atoms with E-state index in [2.05, 4.69) is 15.7 Å². The normalized spacial score (nSPS) is 15.5. The molecule has 7 heteroatoms. The molecule has 1 aliphatic carbocycles. The molecule has 0 saturated heterocycles. The predicted octanol–water partition coefficient (Wildman–Crippen LogP) is 4.33. The SMILES string of the molecule is Cc1ccc(NC(=O)c2cnn3c2NC(=C2CC2)C=C3C(F)F)cc1C. The number of alkyl halides is 2. The molecule has 134 valence electrons. The summed E-state index contributed by atoms with van der Waals surface area (Å²) in [6.45, 7) is 3.95. The minimum Gasteiger partial charge on any atom is -0.339 e. The predicted molar refractivity (Wildman–Crippen MR) is 96.3 cm³/mol. The van der Waals surface area contributed by atoms with Crippen molar-refractivity contribution < 1.29 is 13.6 Å². The second kappa shape index (κ2) is 6.09. The lowest BCUT2D eigenvalue weighted by Crippen LogP contribution is -2.20. The van der Waals surface area contributed by atoms with Crippen LogP contribution in [0.25, 0.3) is 5.70 Å². The van der Waals surface area contributed by atoms with Gasteiger partial charge in [-0.15, -0.1) is 0 Å². The Labute approximate surface area is 149 Å². The Balaban J connectivity index is 1.67. The summed E-state index contributed by atoms with van der Waals surface area (Å²) in [7, 11) is 0. The number of aromatic nitrogens is 2. The van der Waals surface area contributed by atoms with Gasteiger partial charge in [-0.05, 0) is 61.6 Å². The average molecular weight is 356 g/mol. The summed E-state index contributed by atoms with van der Waals surface area (Å²) in [5, 5.41) is 9.89. The monoisotopic (exact) mass is 356 g/mol. The molecule has 0 radical (unpaired) electrons. The Morgan fingerprint density at radius 2 is 2.04 bits per heavy atom. The van der Waals surface area contributed by atoms with Crippen LogP contribution in [0.2, 0.25) is 0 Å². The van der Waals surface area contributed by atoms with Crippen molar-refractivity contribution in [1.29, 1.82) is 0 Å². The molecule has 1 amide bonds. The molecule has 1 fully saturated rings. The molecule has 2 heterocycles. The summed E-state index contributed by atoms with van der Waals surface area (Å²) in [5.41, 5.74) is 4.57. The van der Waals surface area contributed by atoms with Gasteiger partial charge >= 0.3 is 0 Å². The van der Waals surface area contributed by atoms with E-state index in [-0.39, 0.29) is 17.1 Å². The lowest BCUT2D eigenvalue weighted by atomic mass is 10.1. The first kappa shape index (κ1) is 16.5. The van der Waals surface area contributed by atoms with Crippen molar-refractivity contribution >= 4 is 23.1 Å². The third kappa shape index (κ3) is 2.89. The second-order valence-electron chi connectivity index (χ2n) is 6.58. The van der Waals surface area contributed by atoms with Crippen LogP contribution in [0.15, 0.2) is 41.7 Å². The largest absolute Gasteiger partial charge is 0.339 e. The van der Waals surface area contributed by atoms with Gasteiger partial charge in [0.1, 0.15) is 17.1 Å². The maximum absolute atomic E-state index is 13.4. The van der Waals surface area contributed by atoms with Gasteiger partial charge in [0.15, 0.2) is 0 Å². The maximum Gasteiger partial charge on any atom is 0.280 e. The molecule has 1 aromatic heterocycles. The number of carbonyl (C=O) groups is 1. The molecule has 0 bridgehead atoms. The number of amides is 1. The lowest BCUT2D eigenvalue weighted by molar-refractivity contribution is 0.102. The fourth-order valence-corrected chi connectivity index (χ4v) is 2.90. The zero-order chi connectivity index (χ0) is 18.4. The topological polar surface area (TPSA) is 59.0 Å². The van der Waals surface area contributed by atoms with Crippen LogP contribution in [0.5, 0.6) is 0 Å². The van der Waals surface area contributed by atoms with Gasteiger partial charge in [0, 0.05) is 11.4 Å². The third-order valence-corrected chi connectivity index (χ3v) is 4.67. The smallest absolute Gasteiger partial charge is 0.280 e. The third-order valence-electron chi connectivity index (χ3n) is 4.67. The van der Waals surface area contributed by atoms with E-state index < -0.39 is 12.3 Å². The fourth-order valence-electron chi connectivity index (χ4n) is 2.90. The summed E-state index contributed by atoms with van der Waals surface area (Å²) in [5.74, 6) is -0.115. The van der Waals surface area contributed by atoms with Gasteiger partial charge in [0.05, 0.1) is 6.20 Å². The highest BCUT2D eigenvalue weighted by Gasteiger charge is 2.30. The van der Waals surface area contributed by atoms with Crippen LogP contribution in [0.3, 0.4) is 0 Å². The molecular weight excluding hydrogens is 338 g/mol. The Bertz CT molecular complexity index is 966. The first-order valence-corrected chi connectivity index (χ1v) is 8.40. The number of carbonyl (C=O) groups excluding carboxylic acids is 1. The van der Waals surface area contributed by atoms with Crippen LogP contribution >= 0.6 is 0 Å². The van der Waals surface area contributed by atoms with Gasteiger partial charge in [-0.3, -0.25) is 4.79 Å². The number of nitrogens with one attached hydrogen (secondary N) is 2. The van der Waals surface area contributed by atoms with Crippen LogP contribution in [0.4, 0.5) is 20.3 Å². The Hall–Kier alpha value is -2.96. The van der Waals surface area contributed by atoms with E-state index in [9.17, 15) is 13.6 Å². The highest BCUT2D eigenvalue weighted by atomic mass is 19.3. The van der Waals surface area contributed by atoms with Gasteiger partial charge in [-0.25, -0.2) is 13.5 Å². The van der Waals surface area contributed by atoms with Crippen molar-refractivity contribution in [2.45, 2.75) is 33.1 Å². The Kier molecular flexibility index (Phi) is 3.86. The number of nitrogens with zero attached hydrogens (tertiary/aromatic N) is 2. The van der Waals surface area contributed by atoms with Crippen molar-refractivity contribution in [2.75, 3.05) is 10.6 Å². The average Bonchev–Trinajstić information content (AvgIpc) is 3.36. The molecule has 2 aliphatic rings. The zero-order valence-corrected chi connectivity index (χ0v) is 14.4.